The molecule has 0 unspecified atom stereocenters. The molecule has 0 bridgehead atoms. The summed E-state index contributed by atoms with van der Waals surface area (Å²) in [7, 11) is 3.03. The molecule has 0 radical (unpaired) electrons. The minimum atomic E-state index is -0.582. The number of nitrogens with one attached hydrogen (secondary N) is 1. The van der Waals surface area contributed by atoms with Crippen molar-refractivity contribution in [2.75, 3.05) is 20.7 Å². The molecule has 0 aliphatic carbocycles. The maximum atomic E-state index is 13.5. The average molecular weight is 276 g/mol. The first-order chi connectivity index (χ1) is 7.10. The summed E-state index contributed by atoms with van der Waals surface area (Å²) in [5, 5.41) is 2.68. The molecule has 0 aromatic heterocycles. The maximum absolute atomic E-state index is 13.5. The monoisotopic (exact) mass is 275 g/mol. The van der Waals surface area contributed by atoms with E-state index in [0.29, 0.717) is 4.47 Å². The fourth-order valence-corrected chi connectivity index (χ4v) is 1.64. The molecule has 0 fully saturated rings. The van der Waals surface area contributed by atoms with Crippen molar-refractivity contribution in [1.82, 2.24) is 5.32 Å². The molecule has 1 N–H and O–H groups in total. The average Bonchev–Trinajstić information content (AvgIpc) is 2.16. The Labute approximate surface area is 95.7 Å². The van der Waals surface area contributed by atoms with E-state index in [2.05, 4.69) is 21.2 Å². The molecule has 15 heavy (non-hydrogen) atoms. The van der Waals surface area contributed by atoms with Crippen LogP contribution in [0.15, 0.2) is 16.6 Å². The fourth-order valence-electron chi connectivity index (χ4n) is 1.23. The van der Waals surface area contributed by atoms with Crippen molar-refractivity contribution in [3.05, 3.63) is 28.0 Å². The van der Waals surface area contributed by atoms with Crippen molar-refractivity contribution in [1.29, 1.82) is 0 Å². The van der Waals surface area contributed by atoms with E-state index >= 15 is 0 Å². The number of rotatable bonds is 4. The second-order valence-electron chi connectivity index (χ2n) is 2.92. The number of benzene rings is 1. The van der Waals surface area contributed by atoms with Gasteiger partial charge in [0.05, 0.1) is 19.2 Å². The van der Waals surface area contributed by atoms with Crippen molar-refractivity contribution >= 4 is 21.7 Å². The van der Waals surface area contributed by atoms with Gasteiger partial charge in [0.2, 0.25) is 0 Å². The van der Waals surface area contributed by atoms with E-state index < -0.39 is 5.82 Å². The smallest absolute Gasteiger partial charge is 0.183 e. The lowest BCUT2D eigenvalue weighted by molar-refractivity contribution is 0.0986. The van der Waals surface area contributed by atoms with E-state index in [1.165, 1.54) is 13.2 Å². The largest absolute Gasteiger partial charge is 0.496 e. The van der Waals surface area contributed by atoms with Crippen LogP contribution in [-0.2, 0) is 0 Å². The number of Topliss-reactive ketones (excluding diaryl/α,β-unsaturated/α-hetero) is 1. The number of halogens is 2. The zero-order valence-electron chi connectivity index (χ0n) is 8.43. The lowest BCUT2D eigenvalue weighted by Crippen LogP contribution is -2.20. The number of ketones is 1. The molecule has 1 rings (SSSR count). The first kappa shape index (κ1) is 12.1. The van der Waals surface area contributed by atoms with Gasteiger partial charge in [-0.05, 0) is 19.2 Å². The summed E-state index contributed by atoms with van der Waals surface area (Å²) in [4.78, 5) is 11.6. The number of ether oxygens (including phenoxy) is 1. The van der Waals surface area contributed by atoms with Gasteiger partial charge in [0.15, 0.2) is 5.78 Å². The van der Waals surface area contributed by atoms with Gasteiger partial charge < -0.3 is 10.1 Å². The quantitative estimate of drug-likeness (QED) is 0.855. The van der Waals surface area contributed by atoms with Gasteiger partial charge in [-0.25, -0.2) is 4.39 Å². The second-order valence-corrected chi connectivity index (χ2v) is 3.83. The number of carbonyl (C=O) groups is 1. The minimum Gasteiger partial charge on any atom is -0.496 e. The van der Waals surface area contributed by atoms with Gasteiger partial charge in [0.25, 0.3) is 0 Å². The molecule has 0 aliphatic rings. The predicted molar refractivity (Wildman–Crippen MR) is 58.9 cm³/mol. The highest BCUT2D eigenvalue weighted by Gasteiger charge is 2.17. The van der Waals surface area contributed by atoms with E-state index in [0.717, 1.165) is 0 Å². The molecule has 0 spiro atoms. The Bertz CT molecular complexity index is 382. The lowest BCUT2D eigenvalue weighted by atomic mass is 10.1. The highest BCUT2D eigenvalue weighted by molar-refractivity contribution is 9.10. The molecule has 3 nitrogen and oxygen atoms in total. The van der Waals surface area contributed by atoms with E-state index in [4.69, 9.17) is 4.74 Å². The zero-order chi connectivity index (χ0) is 11.4. The number of likely N-dealkylation sites (N-methyl/N-ethyl adjacent to an activating group) is 1. The molecule has 0 atom stereocenters. The molecular weight excluding hydrogens is 265 g/mol. The van der Waals surface area contributed by atoms with Gasteiger partial charge in [-0.15, -0.1) is 0 Å². The Morgan fingerprint density at radius 3 is 2.80 bits per heavy atom. The molecule has 82 valence electrons. The van der Waals surface area contributed by atoms with Crippen LogP contribution in [0.25, 0.3) is 0 Å². The highest BCUT2D eigenvalue weighted by Crippen LogP contribution is 2.26. The van der Waals surface area contributed by atoms with Crippen LogP contribution in [0.1, 0.15) is 10.4 Å². The SMILES string of the molecule is CNCC(=O)c1c(F)cc(Br)cc1OC. The predicted octanol–water partition coefficient (Wildman–Crippen LogP) is 2.00. The Morgan fingerprint density at radius 2 is 2.27 bits per heavy atom. The zero-order valence-corrected chi connectivity index (χ0v) is 10.0. The molecule has 0 heterocycles. The van der Waals surface area contributed by atoms with Crippen LogP contribution in [0.3, 0.4) is 0 Å². The van der Waals surface area contributed by atoms with Crippen molar-refractivity contribution in [2.45, 2.75) is 0 Å². The van der Waals surface area contributed by atoms with Crippen LogP contribution in [0.4, 0.5) is 4.39 Å². The number of hydrogen-bond donors (Lipinski definition) is 1. The van der Waals surface area contributed by atoms with Crippen LogP contribution in [0.5, 0.6) is 5.75 Å². The van der Waals surface area contributed by atoms with E-state index in [1.807, 2.05) is 0 Å². The van der Waals surface area contributed by atoms with Crippen molar-refractivity contribution in [3.63, 3.8) is 0 Å². The standard InChI is InChI=1S/C10H11BrFNO2/c1-13-5-8(14)10-7(12)3-6(11)4-9(10)15-2/h3-4,13H,5H2,1-2H3. The Hall–Kier alpha value is -0.940. The van der Waals surface area contributed by atoms with E-state index in [9.17, 15) is 9.18 Å². The molecule has 0 amide bonds. The van der Waals surface area contributed by atoms with Gasteiger partial charge in [-0.2, -0.15) is 0 Å². The van der Waals surface area contributed by atoms with E-state index in [-0.39, 0.29) is 23.6 Å². The lowest BCUT2D eigenvalue weighted by Gasteiger charge is -2.09. The van der Waals surface area contributed by atoms with Crippen molar-refractivity contribution in [2.24, 2.45) is 0 Å². The molecule has 1 aromatic rings. The summed E-state index contributed by atoms with van der Waals surface area (Å²) in [6, 6.07) is 2.80. The summed E-state index contributed by atoms with van der Waals surface area (Å²) >= 11 is 3.13. The molecule has 0 aliphatic heterocycles. The van der Waals surface area contributed by atoms with Crippen molar-refractivity contribution in [3.8, 4) is 5.75 Å². The maximum Gasteiger partial charge on any atom is 0.183 e. The third-order valence-corrected chi connectivity index (χ3v) is 2.31. The van der Waals surface area contributed by atoms with Gasteiger partial charge in [0.1, 0.15) is 11.6 Å². The number of methoxy groups -OCH3 is 1. The topological polar surface area (TPSA) is 38.3 Å². The summed E-state index contributed by atoms with van der Waals surface area (Å²) in [6.07, 6.45) is 0. The van der Waals surface area contributed by atoms with Crippen molar-refractivity contribution < 1.29 is 13.9 Å². The fraction of sp³-hybridized carbons (Fsp3) is 0.300. The van der Waals surface area contributed by atoms with Gasteiger partial charge in [-0.3, -0.25) is 4.79 Å². The third kappa shape index (κ3) is 2.76. The highest BCUT2D eigenvalue weighted by atomic mass is 79.9. The second kappa shape index (κ2) is 5.23. The molecule has 1 aromatic carbocycles. The first-order valence-electron chi connectivity index (χ1n) is 4.31. The molecular formula is C10H11BrFNO2. The van der Waals surface area contributed by atoms with Gasteiger partial charge >= 0.3 is 0 Å². The van der Waals surface area contributed by atoms with Crippen LogP contribution >= 0.6 is 15.9 Å². The summed E-state index contributed by atoms with van der Waals surface area (Å²) in [6.45, 7) is 0.0783. The van der Waals surface area contributed by atoms with Crippen LogP contribution in [0, 0.1) is 5.82 Å². The Morgan fingerprint density at radius 1 is 1.60 bits per heavy atom. The first-order valence-corrected chi connectivity index (χ1v) is 5.10. The minimum absolute atomic E-state index is 0.0185. The molecule has 0 saturated carbocycles. The van der Waals surface area contributed by atoms with Crippen LogP contribution in [-0.4, -0.2) is 26.5 Å². The Kier molecular flexibility index (Phi) is 4.23. The normalized spacial score (nSPS) is 10.1. The van der Waals surface area contributed by atoms with Gasteiger partial charge in [0, 0.05) is 4.47 Å². The summed E-state index contributed by atoms with van der Waals surface area (Å²) in [5.74, 6) is -0.678. The Balaban J connectivity index is 3.20. The van der Waals surface area contributed by atoms with Gasteiger partial charge in [-0.1, -0.05) is 15.9 Å². The number of carbonyl (C=O) groups excluding carboxylic acids is 1. The molecule has 5 heteroatoms. The third-order valence-electron chi connectivity index (χ3n) is 1.85. The van der Waals surface area contributed by atoms with E-state index in [1.54, 1.807) is 13.1 Å². The van der Waals surface area contributed by atoms with Crippen LogP contribution < -0.4 is 10.1 Å². The van der Waals surface area contributed by atoms with Crippen LogP contribution in [0.2, 0.25) is 0 Å². The summed E-state index contributed by atoms with van der Waals surface area (Å²) in [5.41, 5.74) is -0.0185. The number of hydrogen-bond acceptors (Lipinski definition) is 3. The molecule has 0 saturated heterocycles. The summed E-state index contributed by atoms with van der Waals surface area (Å²) < 4.78 is 19.0.